The van der Waals surface area contributed by atoms with Gasteiger partial charge in [0.15, 0.2) is 0 Å². The van der Waals surface area contributed by atoms with Crippen LogP contribution in [0.5, 0.6) is 11.5 Å². The number of fused-ring (bicyclic) bond motifs is 1. The van der Waals surface area contributed by atoms with Gasteiger partial charge in [-0.05, 0) is 78.1 Å². The first-order valence-electron chi connectivity index (χ1n) is 13.0. The van der Waals surface area contributed by atoms with Gasteiger partial charge < -0.3 is 14.6 Å². The number of carboxylic acids is 1. The highest BCUT2D eigenvalue weighted by Gasteiger charge is 2.38. The number of aliphatic carboxylic acids is 1. The molecule has 0 unspecified atom stereocenters. The van der Waals surface area contributed by atoms with Crippen LogP contribution in [0.1, 0.15) is 34.5 Å². The highest BCUT2D eigenvalue weighted by molar-refractivity contribution is 5.90. The van der Waals surface area contributed by atoms with Gasteiger partial charge >= 0.3 is 5.97 Å². The zero-order chi connectivity index (χ0) is 28.4. The summed E-state index contributed by atoms with van der Waals surface area (Å²) in [5.41, 5.74) is 4.83. The Morgan fingerprint density at radius 1 is 0.975 bits per heavy atom. The van der Waals surface area contributed by atoms with Crippen molar-refractivity contribution in [3.8, 4) is 33.8 Å². The summed E-state index contributed by atoms with van der Waals surface area (Å²) in [6.45, 7) is 3.88. The van der Waals surface area contributed by atoms with Crippen molar-refractivity contribution in [1.82, 2.24) is 4.98 Å². The molecule has 5 nitrogen and oxygen atoms in total. The van der Waals surface area contributed by atoms with Gasteiger partial charge in [0.25, 0.3) is 5.92 Å². The van der Waals surface area contributed by atoms with Crippen molar-refractivity contribution in [2.75, 3.05) is 13.2 Å². The predicted molar refractivity (Wildman–Crippen MR) is 146 cm³/mol. The van der Waals surface area contributed by atoms with Gasteiger partial charge in [-0.2, -0.15) is 0 Å². The predicted octanol–water partition coefficient (Wildman–Crippen LogP) is 7.29. The molecule has 0 fully saturated rings. The molecule has 0 amide bonds. The zero-order valence-electron chi connectivity index (χ0n) is 22.1. The van der Waals surface area contributed by atoms with E-state index in [4.69, 9.17) is 9.47 Å². The van der Waals surface area contributed by atoms with Crippen LogP contribution in [0.2, 0.25) is 0 Å². The third kappa shape index (κ3) is 5.66. The van der Waals surface area contributed by atoms with E-state index < -0.39 is 18.3 Å². The van der Waals surface area contributed by atoms with Gasteiger partial charge in [-0.1, -0.05) is 30.3 Å². The summed E-state index contributed by atoms with van der Waals surface area (Å²) in [4.78, 5) is 16.5. The molecule has 206 valence electrons. The number of halogens is 3. The highest BCUT2D eigenvalue weighted by Crippen LogP contribution is 2.45. The normalized spacial score (nSPS) is 13.8. The summed E-state index contributed by atoms with van der Waals surface area (Å²) >= 11 is 0. The van der Waals surface area contributed by atoms with E-state index in [2.05, 4.69) is 4.98 Å². The molecule has 1 aliphatic rings. The van der Waals surface area contributed by atoms with Gasteiger partial charge in [0.05, 0.1) is 31.6 Å². The Balaban J connectivity index is 1.52. The second-order valence-electron chi connectivity index (χ2n) is 9.84. The Kier molecular flexibility index (Phi) is 7.52. The van der Waals surface area contributed by atoms with Crippen LogP contribution in [0.15, 0.2) is 66.7 Å². The Morgan fingerprint density at radius 3 is 2.38 bits per heavy atom. The molecule has 1 N–H and O–H groups in total. The van der Waals surface area contributed by atoms with Crippen molar-refractivity contribution < 1.29 is 32.5 Å². The van der Waals surface area contributed by atoms with Gasteiger partial charge in [0.2, 0.25) is 0 Å². The minimum Gasteiger partial charge on any atom is -0.493 e. The summed E-state index contributed by atoms with van der Waals surface area (Å²) in [5, 5.41) is 9.68. The average molecular weight is 548 g/mol. The lowest BCUT2D eigenvalue weighted by Gasteiger charge is -2.27. The SMILES string of the molecule is Cc1nc(C)c(-c2ccc(OCCc3ccc(F)cc3)cc2)c(-c2ccc3c(c2)C(F)(F)CCO3)c1CC(=O)O. The Morgan fingerprint density at radius 2 is 1.68 bits per heavy atom. The Hall–Kier alpha value is -4.33. The van der Waals surface area contributed by atoms with Gasteiger partial charge in [-0.15, -0.1) is 0 Å². The van der Waals surface area contributed by atoms with Crippen LogP contribution >= 0.6 is 0 Å². The number of pyridine rings is 1. The monoisotopic (exact) mass is 547 g/mol. The lowest BCUT2D eigenvalue weighted by molar-refractivity contribution is -0.136. The summed E-state index contributed by atoms with van der Waals surface area (Å²) in [6, 6.07) is 18.2. The van der Waals surface area contributed by atoms with Crippen LogP contribution in [0.25, 0.3) is 22.3 Å². The van der Waals surface area contributed by atoms with Crippen LogP contribution in [0.4, 0.5) is 13.2 Å². The number of hydrogen-bond acceptors (Lipinski definition) is 4. The van der Waals surface area contributed by atoms with E-state index in [1.165, 1.54) is 24.3 Å². The lowest BCUT2D eigenvalue weighted by Crippen LogP contribution is -2.24. The third-order valence-electron chi connectivity index (χ3n) is 7.07. The lowest BCUT2D eigenvalue weighted by atomic mass is 9.86. The molecule has 0 saturated carbocycles. The summed E-state index contributed by atoms with van der Waals surface area (Å²) in [5.74, 6) is -3.63. The van der Waals surface area contributed by atoms with Crippen molar-refractivity contribution in [2.45, 2.75) is 39.0 Å². The molecule has 8 heteroatoms. The number of aryl methyl sites for hydroxylation is 2. The van der Waals surface area contributed by atoms with Gasteiger partial charge in [-0.3, -0.25) is 9.78 Å². The number of benzene rings is 3. The number of nitrogens with zero attached hydrogens (tertiary/aromatic N) is 1. The second kappa shape index (κ2) is 11.0. The third-order valence-corrected chi connectivity index (χ3v) is 7.07. The molecule has 5 rings (SSSR count). The quantitative estimate of drug-likeness (QED) is 0.251. The van der Waals surface area contributed by atoms with E-state index in [1.807, 2.05) is 19.1 Å². The molecule has 2 heterocycles. The molecular weight excluding hydrogens is 519 g/mol. The smallest absolute Gasteiger partial charge is 0.307 e. The number of hydrogen-bond donors (Lipinski definition) is 1. The van der Waals surface area contributed by atoms with E-state index >= 15 is 0 Å². The summed E-state index contributed by atoms with van der Waals surface area (Å²) < 4.78 is 54.2. The van der Waals surface area contributed by atoms with E-state index in [9.17, 15) is 23.1 Å². The molecule has 0 aliphatic carbocycles. The topological polar surface area (TPSA) is 68.7 Å². The van der Waals surface area contributed by atoms with E-state index in [0.717, 1.165) is 11.1 Å². The maximum Gasteiger partial charge on any atom is 0.307 e. The minimum atomic E-state index is -3.05. The van der Waals surface area contributed by atoms with Crippen molar-refractivity contribution in [2.24, 2.45) is 0 Å². The number of carboxylic acid groups (broad SMARTS) is 1. The van der Waals surface area contributed by atoms with Crippen LogP contribution in [-0.4, -0.2) is 29.3 Å². The fourth-order valence-electron chi connectivity index (χ4n) is 5.10. The van der Waals surface area contributed by atoms with E-state index in [1.54, 1.807) is 37.3 Å². The number of alkyl halides is 2. The van der Waals surface area contributed by atoms with E-state index in [0.29, 0.717) is 52.4 Å². The molecular formula is C32H28F3NO4. The maximum atomic E-state index is 14.8. The Labute approximate surface area is 230 Å². The van der Waals surface area contributed by atoms with Crippen molar-refractivity contribution in [3.63, 3.8) is 0 Å². The van der Waals surface area contributed by atoms with Gasteiger partial charge in [0.1, 0.15) is 17.3 Å². The molecule has 4 aromatic rings. The Bertz CT molecular complexity index is 1550. The second-order valence-corrected chi connectivity index (χ2v) is 9.84. The molecule has 1 aromatic heterocycles. The number of ether oxygens (including phenoxy) is 2. The summed E-state index contributed by atoms with van der Waals surface area (Å²) in [6.07, 6.45) is -0.121. The van der Waals surface area contributed by atoms with Crippen LogP contribution in [0, 0.1) is 19.7 Å². The zero-order valence-corrected chi connectivity index (χ0v) is 22.1. The first-order valence-corrected chi connectivity index (χ1v) is 13.0. The van der Waals surface area contributed by atoms with Crippen LogP contribution in [0.3, 0.4) is 0 Å². The fraction of sp³-hybridized carbons (Fsp3) is 0.250. The van der Waals surface area contributed by atoms with Gasteiger partial charge in [0, 0.05) is 23.4 Å². The van der Waals surface area contributed by atoms with Crippen molar-refractivity contribution in [3.05, 3.63) is 101 Å². The molecule has 0 bridgehead atoms. The molecule has 0 saturated heterocycles. The minimum absolute atomic E-state index is 0.0688. The number of carbonyl (C=O) groups is 1. The maximum absolute atomic E-state index is 14.8. The van der Waals surface area contributed by atoms with Gasteiger partial charge in [-0.25, -0.2) is 13.2 Å². The molecule has 1 aliphatic heterocycles. The first-order chi connectivity index (χ1) is 19.1. The largest absolute Gasteiger partial charge is 0.493 e. The van der Waals surface area contributed by atoms with Crippen LogP contribution in [-0.2, 0) is 23.6 Å². The number of rotatable bonds is 8. The number of aromatic nitrogens is 1. The molecule has 40 heavy (non-hydrogen) atoms. The first kappa shape index (κ1) is 27.2. The van der Waals surface area contributed by atoms with Crippen molar-refractivity contribution in [1.29, 1.82) is 0 Å². The van der Waals surface area contributed by atoms with Crippen LogP contribution < -0.4 is 9.47 Å². The standard InChI is InChI=1S/C32H28F3NO4/c1-19-26(18-29(37)38)31(23-7-12-28-27(17-23)32(34,35)14-16-40-28)30(20(2)36-19)22-5-10-25(11-6-22)39-15-13-21-3-8-24(33)9-4-21/h3-12,17H,13-16,18H2,1-2H3,(H,37,38). The summed E-state index contributed by atoms with van der Waals surface area (Å²) in [7, 11) is 0. The van der Waals surface area contributed by atoms with E-state index in [-0.39, 0.29) is 30.2 Å². The molecule has 0 radical (unpaired) electrons. The molecule has 0 atom stereocenters. The highest BCUT2D eigenvalue weighted by atomic mass is 19.3. The fourth-order valence-corrected chi connectivity index (χ4v) is 5.10. The van der Waals surface area contributed by atoms with Crippen molar-refractivity contribution >= 4 is 5.97 Å². The average Bonchev–Trinajstić information content (AvgIpc) is 2.91. The molecule has 0 spiro atoms. The molecule has 3 aromatic carbocycles.